The molecule has 1 heterocycles. The fourth-order valence-electron chi connectivity index (χ4n) is 0.518. The number of H-pyrrole nitrogens is 1. The molecule has 0 fully saturated rings. The zero-order valence-electron chi connectivity index (χ0n) is 5.40. The molecule has 0 aliphatic carbocycles. The topological polar surface area (TPSA) is 71.6 Å². The first kappa shape index (κ1) is 7.59. The van der Waals surface area contributed by atoms with Crippen molar-refractivity contribution in [3.63, 3.8) is 0 Å². The van der Waals surface area contributed by atoms with E-state index >= 15 is 0 Å². The van der Waals surface area contributed by atoms with Crippen LogP contribution in [-0.4, -0.2) is 20.0 Å². The van der Waals surface area contributed by atoms with Crippen LogP contribution < -0.4 is 0 Å². The first-order valence-corrected chi connectivity index (χ1v) is 3.99. The van der Waals surface area contributed by atoms with Crippen molar-refractivity contribution in [2.75, 3.05) is 0 Å². The number of hydrogen-bond acceptors (Lipinski definition) is 2. The van der Waals surface area contributed by atoms with Crippen molar-refractivity contribution < 1.29 is 9.66 Å². The van der Waals surface area contributed by atoms with Gasteiger partial charge in [0.2, 0.25) is 0 Å². The molecule has 5 heteroatoms. The molecule has 1 N–H and O–H groups in total. The van der Waals surface area contributed by atoms with Gasteiger partial charge in [-0.15, -0.1) is 0 Å². The number of nitrogens with zero attached hydrogens (tertiary/aromatic N) is 1. The summed E-state index contributed by atoms with van der Waals surface area (Å²) in [6.45, 7) is 1.35. The van der Waals surface area contributed by atoms with E-state index < -0.39 is 16.6 Å². The van der Waals surface area contributed by atoms with Gasteiger partial charge in [-0.2, -0.15) is 10.1 Å². The third-order valence-electron chi connectivity index (χ3n) is 0.965. The van der Waals surface area contributed by atoms with Crippen molar-refractivity contribution in [3.05, 3.63) is 12.4 Å². The predicted molar refractivity (Wildman–Crippen MR) is 35.1 cm³/mol. The quantitative estimate of drug-likeness (QED) is 0.630. The van der Waals surface area contributed by atoms with Gasteiger partial charge in [0.15, 0.2) is 0 Å². The monoisotopic (exact) mass is 159 g/mol. The van der Waals surface area contributed by atoms with Crippen molar-refractivity contribution in [1.29, 1.82) is 0 Å². The standard InChI is InChI=1S/C5H7N2O2S/c1-4(8)10(9)5-6-2-3-7-5/h2-4H,1H3,(H,6,7). The van der Waals surface area contributed by atoms with Gasteiger partial charge in [0.1, 0.15) is 0 Å². The summed E-state index contributed by atoms with van der Waals surface area (Å²) in [6.07, 6.45) is 3.01. The van der Waals surface area contributed by atoms with E-state index in [0.29, 0.717) is 0 Å². The summed E-state index contributed by atoms with van der Waals surface area (Å²) in [5.41, 5.74) is -1.12. The molecule has 4 nitrogen and oxygen atoms in total. The van der Waals surface area contributed by atoms with Crippen LogP contribution in [0.5, 0.6) is 0 Å². The van der Waals surface area contributed by atoms with Gasteiger partial charge in [-0.25, -0.2) is 0 Å². The van der Waals surface area contributed by atoms with Crippen LogP contribution >= 0.6 is 0 Å². The zero-order chi connectivity index (χ0) is 7.56. The van der Waals surface area contributed by atoms with Gasteiger partial charge >= 0.3 is 5.16 Å². The number of nitrogens with one attached hydrogen (secondary N) is 1. The Morgan fingerprint density at radius 2 is 2.60 bits per heavy atom. The third-order valence-corrected chi connectivity index (χ3v) is 2.17. The highest BCUT2D eigenvalue weighted by molar-refractivity contribution is 7.91. The zero-order valence-corrected chi connectivity index (χ0v) is 6.22. The van der Waals surface area contributed by atoms with Crippen LogP contribution in [0.4, 0.5) is 0 Å². The molecule has 2 unspecified atom stereocenters. The minimum Gasteiger partial charge on any atom is -0.607 e. The fraction of sp³-hybridized carbons (Fsp3) is 0.400. The Kier molecular flexibility index (Phi) is 2.31. The fourth-order valence-corrected chi connectivity index (χ4v) is 1.18. The Bertz CT molecular complexity index is 188. The molecule has 2 atom stereocenters. The van der Waals surface area contributed by atoms with Gasteiger partial charge in [-0.05, 0) is 0 Å². The first-order valence-electron chi connectivity index (χ1n) is 2.77. The van der Waals surface area contributed by atoms with E-state index in [1.165, 1.54) is 19.3 Å². The van der Waals surface area contributed by atoms with E-state index in [0.717, 1.165) is 0 Å². The van der Waals surface area contributed by atoms with E-state index in [1.54, 1.807) is 0 Å². The molecule has 1 radical (unpaired) electrons. The molecule has 0 amide bonds. The maximum atomic E-state index is 10.9. The molecule has 55 valence electrons. The molecule has 1 aromatic rings. The number of hydrogen-bond donors (Lipinski definition) is 1. The lowest BCUT2D eigenvalue weighted by molar-refractivity contribution is 0.170. The first-order chi connectivity index (χ1) is 4.72. The van der Waals surface area contributed by atoms with Gasteiger partial charge in [0.25, 0.3) is 5.44 Å². The van der Waals surface area contributed by atoms with Crippen molar-refractivity contribution in [2.24, 2.45) is 0 Å². The van der Waals surface area contributed by atoms with Gasteiger partial charge in [0.05, 0.1) is 11.2 Å². The summed E-state index contributed by atoms with van der Waals surface area (Å²) in [4.78, 5) is 6.29. The molecule has 0 aliphatic rings. The lowest BCUT2D eigenvalue weighted by Crippen LogP contribution is -2.16. The highest BCUT2D eigenvalue weighted by Gasteiger charge is 2.20. The Morgan fingerprint density at radius 1 is 1.90 bits per heavy atom. The van der Waals surface area contributed by atoms with Crippen LogP contribution in [0.1, 0.15) is 6.92 Å². The molecule has 1 aromatic heterocycles. The predicted octanol–water partition coefficient (Wildman–Crippen LogP) is 0.294. The second kappa shape index (κ2) is 3.05. The number of aromatic nitrogens is 2. The number of aromatic amines is 1. The maximum absolute atomic E-state index is 10.9. The van der Waals surface area contributed by atoms with Crippen LogP contribution in [0.25, 0.3) is 0 Å². The van der Waals surface area contributed by atoms with E-state index in [2.05, 4.69) is 9.97 Å². The Hall–Kier alpha value is -0.520. The van der Waals surface area contributed by atoms with Crippen LogP contribution in [0.2, 0.25) is 0 Å². The number of imidazole rings is 1. The van der Waals surface area contributed by atoms with Crippen molar-refractivity contribution in [1.82, 2.24) is 9.97 Å². The second-order valence-corrected chi connectivity index (χ2v) is 3.40. The molecule has 0 aromatic carbocycles. The lowest BCUT2D eigenvalue weighted by atomic mass is 10.9. The van der Waals surface area contributed by atoms with Gasteiger partial charge in [-0.1, -0.05) is 0 Å². The molecule has 0 spiro atoms. The highest BCUT2D eigenvalue weighted by atomic mass is 32.2. The van der Waals surface area contributed by atoms with Gasteiger partial charge in [0, 0.05) is 19.3 Å². The van der Waals surface area contributed by atoms with Crippen LogP contribution in [-0.2, 0) is 16.3 Å². The Morgan fingerprint density at radius 3 is 3.00 bits per heavy atom. The maximum Gasteiger partial charge on any atom is 0.323 e. The van der Waals surface area contributed by atoms with Gasteiger partial charge in [-0.3, -0.25) is 0 Å². The molecule has 0 aliphatic heterocycles. The van der Waals surface area contributed by atoms with E-state index in [9.17, 15) is 9.66 Å². The summed E-state index contributed by atoms with van der Waals surface area (Å²) < 4.78 is 10.9. The highest BCUT2D eigenvalue weighted by Crippen LogP contribution is 2.07. The Balaban J connectivity index is 2.68. The second-order valence-electron chi connectivity index (χ2n) is 1.76. The summed E-state index contributed by atoms with van der Waals surface area (Å²) in [7, 11) is 0. The average Bonchev–Trinajstić information content (AvgIpc) is 2.36. The molecule has 0 bridgehead atoms. The van der Waals surface area contributed by atoms with Crippen molar-refractivity contribution >= 4 is 11.2 Å². The average molecular weight is 159 g/mol. The number of rotatable bonds is 2. The molecular weight excluding hydrogens is 152 g/mol. The SMILES string of the molecule is CC([O])[S+]([O-])c1ncc[nH]1. The molecule has 0 saturated carbocycles. The van der Waals surface area contributed by atoms with E-state index in [-0.39, 0.29) is 5.16 Å². The summed E-state index contributed by atoms with van der Waals surface area (Å²) in [6, 6.07) is 0. The largest absolute Gasteiger partial charge is 0.607 e. The van der Waals surface area contributed by atoms with Gasteiger partial charge < -0.3 is 9.54 Å². The van der Waals surface area contributed by atoms with Crippen molar-refractivity contribution in [2.45, 2.75) is 17.5 Å². The molecule has 10 heavy (non-hydrogen) atoms. The Labute approximate surface area is 61.5 Å². The summed E-state index contributed by atoms with van der Waals surface area (Å²) in [5.74, 6) is 0. The normalized spacial score (nSPS) is 16.7. The van der Waals surface area contributed by atoms with Crippen molar-refractivity contribution in [3.8, 4) is 0 Å². The van der Waals surface area contributed by atoms with E-state index in [4.69, 9.17) is 0 Å². The molecule has 1 rings (SSSR count). The lowest BCUT2D eigenvalue weighted by Gasteiger charge is -2.06. The van der Waals surface area contributed by atoms with Crippen LogP contribution in [0.15, 0.2) is 17.6 Å². The van der Waals surface area contributed by atoms with Crippen LogP contribution in [0.3, 0.4) is 0 Å². The smallest absolute Gasteiger partial charge is 0.323 e. The van der Waals surface area contributed by atoms with E-state index in [1.807, 2.05) is 0 Å². The minimum absolute atomic E-state index is 0.252. The molecular formula is C5H7N2O2S. The third kappa shape index (κ3) is 1.50. The summed E-state index contributed by atoms with van der Waals surface area (Å²) >= 11 is -1.53. The molecule has 0 saturated heterocycles. The van der Waals surface area contributed by atoms with Crippen LogP contribution in [0, 0.1) is 0 Å². The minimum atomic E-state index is -1.53. The summed E-state index contributed by atoms with van der Waals surface area (Å²) in [5, 5.41) is 10.8.